The minimum atomic E-state index is -0.769. The highest BCUT2D eigenvalue weighted by Crippen LogP contribution is 2.20. The fourth-order valence-corrected chi connectivity index (χ4v) is 3.85. The predicted octanol–water partition coefficient (Wildman–Crippen LogP) is 4.08. The molecule has 0 aliphatic heterocycles. The molecule has 0 unspecified atom stereocenters. The number of amides is 2. The number of carbonyl (C=O) groups excluding carboxylic acids is 2. The third-order valence-electron chi connectivity index (χ3n) is 4.75. The molecule has 2 aromatic carbocycles. The van der Waals surface area contributed by atoms with Gasteiger partial charge in [0.15, 0.2) is 0 Å². The molecule has 0 saturated carbocycles. The maximum Gasteiger partial charge on any atom is 0.262 e. The number of aromatic amines is 1. The SMILES string of the molecule is N#Cc1ccc(NC(=O)[C@@H](Cc2c[nH]c3ccccc23)NC(=O)c2cccs2)cc1. The number of nitrogens with zero attached hydrogens (tertiary/aromatic N) is 1. The monoisotopic (exact) mass is 414 g/mol. The normalized spacial score (nSPS) is 11.6. The summed E-state index contributed by atoms with van der Waals surface area (Å²) in [6.07, 6.45) is 2.20. The molecule has 2 amide bonds. The van der Waals surface area contributed by atoms with Gasteiger partial charge >= 0.3 is 0 Å². The van der Waals surface area contributed by atoms with Crippen LogP contribution in [-0.2, 0) is 11.2 Å². The van der Waals surface area contributed by atoms with Crippen LogP contribution in [0.2, 0.25) is 0 Å². The molecule has 0 aliphatic carbocycles. The fourth-order valence-electron chi connectivity index (χ4n) is 3.22. The minimum Gasteiger partial charge on any atom is -0.361 e. The second-order valence-corrected chi connectivity index (χ2v) is 7.69. The molecule has 0 radical (unpaired) electrons. The van der Waals surface area contributed by atoms with Crippen LogP contribution < -0.4 is 10.6 Å². The van der Waals surface area contributed by atoms with Gasteiger partial charge in [-0.1, -0.05) is 24.3 Å². The highest BCUT2D eigenvalue weighted by atomic mass is 32.1. The highest BCUT2D eigenvalue weighted by Gasteiger charge is 2.23. The van der Waals surface area contributed by atoms with Crippen molar-refractivity contribution in [3.63, 3.8) is 0 Å². The van der Waals surface area contributed by atoms with Crippen LogP contribution in [0.4, 0.5) is 5.69 Å². The molecule has 0 bridgehead atoms. The van der Waals surface area contributed by atoms with Gasteiger partial charge in [-0.2, -0.15) is 5.26 Å². The number of benzene rings is 2. The molecular formula is C23H18N4O2S. The molecule has 0 fully saturated rings. The zero-order valence-electron chi connectivity index (χ0n) is 15.9. The third kappa shape index (κ3) is 4.24. The average molecular weight is 414 g/mol. The second kappa shape index (κ2) is 8.64. The highest BCUT2D eigenvalue weighted by molar-refractivity contribution is 7.12. The number of H-pyrrole nitrogens is 1. The predicted molar refractivity (Wildman–Crippen MR) is 117 cm³/mol. The molecule has 4 rings (SSSR count). The van der Waals surface area contributed by atoms with Gasteiger partial charge in [0.2, 0.25) is 5.91 Å². The van der Waals surface area contributed by atoms with Gasteiger partial charge in [0, 0.05) is 29.2 Å². The Morgan fingerprint density at radius 1 is 1.07 bits per heavy atom. The largest absolute Gasteiger partial charge is 0.361 e. The number of carbonyl (C=O) groups is 2. The van der Waals surface area contributed by atoms with Crippen molar-refractivity contribution in [2.75, 3.05) is 5.32 Å². The molecule has 4 aromatic rings. The number of fused-ring (bicyclic) bond motifs is 1. The van der Waals surface area contributed by atoms with E-state index in [1.807, 2.05) is 41.9 Å². The molecular weight excluding hydrogens is 396 g/mol. The van der Waals surface area contributed by atoms with E-state index in [4.69, 9.17) is 5.26 Å². The molecule has 6 nitrogen and oxygen atoms in total. The van der Waals surface area contributed by atoms with Crippen molar-refractivity contribution < 1.29 is 9.59 Å². The lowest BCUT2D eigenvalue weighted by Gasteiger charge is -2.18. The van der Waals surface area contributed by atoms with Crippen LogP contribution in [0.15, 0.2) is 72.2 Å². The van der Waals surface area contributed by atoms with Crippen molar-refractivity contribution >= 4 is 39.7 Å². The lowest BCUT2D eigenvalue weighted by molar-refractivity contribution is -0.118. The van der Waals surface area contributed by atoms with E-state index in [2.05, 4.69) is 15.6 Å². The van der Waals surface area contributed by atoms with Crippen LogP contribution >= 0.6 is 11.3 Å². The van der Waals surface area contributed by atoms with Crippen molar-refractivity contribution in [3.8, 4) is 6.07 Å². The van der Waals surface area contributed by atoms with E-state index >= 15 is 0 Å². The molecule has 3 N–H and O–H groups in total. The summed E-state index contributed by atoms with van der Waals surface area (Å²) in [7, 11) is 0. The van der Waals surface area contributed by atoms with Crippen molar-refractivity contribution in [2.45, 2.75) is 12.5 Å². The molecule has 0 aliphatic rings. The molecule has 2 heterocycles. The number of hydrogen-bond donors (Lipinski definition) is 3. The minimum absolute atomic E-state index is 0.287. The molecule has 148 valence electrons. The summed E-state index contributed by atoms with van der Waals surface area (Å²) >= 11 is 1.32. The molecule has 1 atom stereocenters. The van der Waals surface area contributed by atoms with Crippen LogP contribution in [0.5, 0.6) is 0 Å². The fraction of sp³-hybridized carbons (Fsp3) is 0.0870. The number of anilines is 1. The van der Waals surface area contributed by atoms with Crippen LogP contribution in [0.25, 0.3) is 10.9 Å². The van der Waals surface area contributed by atoms with Crippen LogP contribution in [0.3, 0.4) is 0 Å². The van der Waals surface area contributed by atoms with Crippen LogP contribution in [0.1, 0.15) is 20.8 Å². The Bertz CT molecular complexity index is 1220. The first kappa shape index (κ1) is 19.4. The molecule has 2 aromatic heterocycles. The number of rotatable bonds is 6. The molecule has 0 spiro atoms. The van der Waals surface area contributed by atoms with Gasteiger partial charge in [-0.05, 0) is 47.3 Å². The van der Waals surface area contributed by atoms with E-state index in [9.17, 15) is 9.59 Å². The Balaban J connectivity index is 1.57. The number of thiophene rings is 1. The third-order valence-corrected chi connectivity index (χ3v) is 5.62. The van der Waals surface area contributed by atoms with Crippen LogP contribution in [0, 0.1) is 11.3 Å². The van der Waals surface area contributed by atoms with E-state index in [0.29, 0.717) is 22.5 Å². The Labute approximate surface area is 177 Å². The zero-order valence-corrected chi connectivity index (χ0v) is 16.7. The topological polar surface area (TPSA) is 97.8 Å². The second-order valence-electron chi connectivity index (χ2n) is 6.75. The number of para-hydroxylation sites is 1. The van der Waals surface area contributed by atoms with Crippen LogP contribution in [-0.4, -0.2) is 22.8 Å². The van der Waals surface area contributed by atoms with E-state index in [1.165, 1.54) is 11.3 Å². The summed E-state index contributed by atoms with van der Waals surface area (Å²) in [5.41, 5.74) is 2.99. The molecule has 7 heteroatoms. The van der Waals surface area contributed by atoms with Crippen molar-refractivity contribution in [1.29, 1.82) is 5.26 Å². The summed E-state index contributed by atoms with van der Waals surface area (Å²) in [5.74, 6) is -0.611. The zero-order chi connectivity index (χ0) is 20.9. The van der Waals surface area contributed by atoms with Gasteiger partial charge in [-0.3, -0.25) is 9.59 Å². The van der Waals surface area contributed by atoms with Gasteiger partial charge in [-0.25, -0.2) is 0 Å². The van der Waals surface area contributed by atoms with Gasteiger partial charge in [-0.15, -0.1) is 11.3 Å². The quantitative estimate of drug-likeness (QED) is 0.443. The van der Waals surface area contributed by atoms with Crippen molar-refractivity contribution in [1.82, 2.24) is 10.3 Å². The van der Waals surface area contributed by atoms with Gasteiger partial charge < -0.3 is 15.6 Å². The van der Waals surface area contributed by atoms with E-state index in [-0.39, 0.29) is 11.8 Å². The van der Waals surface area contributed by atoms with E-state index in [0.717, 1.165) is 16.5 Å². The number of nitrogens with one attached hydrogen (secondary N) is 3. The number of nitriles is 1. The Morgan fingerprint density at radius 2 is 1.87 bits per heavy atom. The van der Waals surface area contributed by atoms with Gasteiger partial charge in [0.05, 0.1) is 16.5 Å². The maximum atomic E-state index is 13.0. The lowest BCUT2D eigenvalue weighted by atomic mass is 10.0. The van der Waals surface area contributed by atoms with E-state index in [1.54, 1.807) is 36.4 Å². The Hall–Kier alpha value is -3.89. The summed E-state index contributed by atoms with van der Waals surface area (Å²) < 4.78 is 0. The van der Waals surface area contributed by atoms with Crippen molar-refractivity contribution in [2.24, 2.45) is 0 Å². The summed E-state index contributed by atoms with van der Waals surface area (Å²) in [6.45, 7) is 0. The Morgan fingerprint density at radius 3 is 2.60 bits per heavy atom. The lowest BCUT2D eigenvalue weighted by Crippen LogP contribution is -2.45. The van der Waals surface area contributed by atoms with Crippen molar-refractivity contribution in [3.05, 3.63) is 88.2 Å². The summed E-state index contributed by atoms with van der Waals surface area (Å²) in [6, 6.07) is 19.2. The smallest absolute Gasteiger partial charge is 0.262 e. The Kier molecular flexibility index (Phi) is 5.59. The molecule has 30 heavy (non-hydrogen) atoms. The summed E-state index contributed by atoms with van der Waals surface area (Å²) in [4.78, 5) is 29.4. The standard InChI is InChI=1S/C23H18N4O2S/c24-13-15-7-9-17(10-8-15)26-22(28)20(27-23(29)21-6-3-11-30-21)12-16-14-25-19-5-2-1-4-18(16)19/h1-11,14,20,25H,12H2,(H,26,28)(H,27,29)/t20-/m1/s1. The number of hydrogen-bond acceptors (Lipinski definition) is 4. The van der Waals surface area contributed by atoms with Gasteiger partial charge in [0.1, 0.15) is 6.04 Å². The first-order valence-electron chi connectivity index (χ1n) is 9.34. The first-order chi connectivity index (χ1) is 14.6. The first-order valence-corrected chi connectivity index (χ1v) is 10.2. The molecule has 0 saturated heterocycles. The van der Waals surface area contributed by atoms with E-state index < -0.39 is 6.04 Å². The maximum absolute atomic E-state index is 13.0. The average Bonchev–Trinajstić information content (AvgIpc) is 3.44. The van der Waals surface area contributed by atoms with Gasteiger partial charge in [0.25, 0.3) is 5.91 Å². The summed E-state index contributed by atoms with van der Waals surface area (Å²) in [5, 5.41) is 17.5. The number of aromatic nitrogens is 1.